The lowest BCUT2D eigenvalue weighted by Gasteiger charge is -2.14. The third-order valence-corrected chi connectivity index (χ3v) is 2.66. The summed E-state index contributed by atoms with van der Waals surface area (Å²) in [5, 5.41) is 7.05. The highest BCUT2D eigenvalue weighted by molar-refractivity contribution is 4.95. The van der Waals surface area contributed by atoms with E-state index in [1.165, 1.54) is 0 Å². The maximum absolute atomic E-state index is 5.35. The van der Waals surface area contributed by atoms with E-state index in [1.807, 2.05) is 7.05 Å². The van der Waals surface area contributed by atoms with E-state index in [2.05, 4.69) is 36.2 Å². The molecule has 1 aromatic heterocycles. The van der Waals surface area contributed by atoms with Crippen LogP contribution in [0.25, 0.3) is 0 Å². The number of hydrogen-bond acceptors (Lipinski definition) is 5. The molecule has 1 N–H and O–H groups in total. The zero-order valence-electron chi connectivity index (χ0n) is 10.5. The van der Waals surface area contributed by atoms with Crippen LogP contribution < -0.4 is 5.32 Å². The topological polar surface area (TPSA) is 60.2 Å². The first-order valence-electron chi connectivity index (χ1n) is 5.76. The Labute approximate surface area is 96.6 Å². The Bertz CT molecular complexity index is 301. The standard InChI is InChI=1S/C11H21N3O2/c1-5-6-15-7-10-13-11(16-14-10)8(2)9(3)12-4/h8-9,12H,5-7H2,1-4H3. The summed E-state index contributed by atoms with van der Waals surface area (Å²) >= 11 is 0. The van der Waals surface area contributed by atoms with Gasteiger partial charge in [-0.2, -0.15) is 4.98 Å². The molecule has 92 valence electrons. The Kier molecular flexibility index (Phi) is 5.42. The quantitative estimate of drug-likeness (QED) is 0.718. The zero-order chi connectivity index (χ0) is 12.0. The maximum atomic E-state index is 5.35. The van der Waals surface area contributed by atoms with Crippen molar-refractivity contribution < 1.29 is 9.26 Å². The third-order valence-electron chi connectivity index (χ3n) is 2.66. The normalized spacial score (nSPS) is 15.0. The first-order valence-corrected chi connectivity index (χ1v) is 5.76. The number of nitrogens with zero attached hydrogens (tertiary/aromatic N) is 2. The van der Waals surface area contributed by atoms with Crippen LogP contribution in [-0.2, 0) is 11.3 Å². The summed E-state index contributed by atoms with van der Waals surface area (Å²) in [6.45, 7) is 7.37. The summed E-state index contributed by atoms with van der Waals surface area (Å²) in [6, 6.07) is 0.310. The van der Waals surface area contributed by atoms with Gasteiger partial charge in [-0.05, 0) is 20.4 Å². The van der Waals surface area contributed by atoms with Crippen molar-refractivity contribution in [1.82, 2.24) is 15.5 Å². The van der Waals surface area contributed by atoms with Crippen LogP contribution in [-0.4, -0.2) is 29.8 Å². The molecule has 1 rings (SSSR count). The lowest BCUT2D eigenvalue weighted by molar-refractivity contribution is 0.114. The summed E-state index contributed by atoms with van der Waals surface area (Å²) < 4.78 is 10.5. The average Bonchev–Trinajstić information content (AvgIpc) is 2.76. The average molecular weight is 227 g/mol. The van der Waals surface area contributed by atoms with Gasteiger partial charge < -0.3 is 14.6 Å². The van der Waals surface area contributed by atoms with Crippen molar-refractivity contribution in [3.63, 3.8) is 0 Å². The van der Waals surface area contributed by atoms with E-state index in [9.17, 15) is 0 Å². The fourth-order valence-corrected chi connectivity index (χ4v) is 1.28. The summed E-state index contributed by atoms with van der Waals surface area (Å²) in [7, 11) is 1.92. The van der Waals surface area contributed by atoms with E-state index in [-0.39, 0.29) is 5.92 Å². The highest BCUT2D eigenvalue weighted by atomic mass is 16.5. The van der Waals surface area contributed by atoms with E-state index in [0.29, 0.717) is 24.4 Å². The Hall–Kier alpha value is -0.940. The van der Waals surface area contributed by atoms with Crippen LogP contribution in [0.15, 0.2) is 4.52 Å². The minimum Gasteiger partial charge on any atom is -0.373 e. The minimum atomic E-state index is 0.206. The molecule has 0 spiro atoms. The monoisotopic (exact) mass is 227 g/mol. The molecule has 0 aliphatic carbocycles. The number of hydrogen-bond donors (Lipinski definition) is 1. The molecule has 1 heterocycles. The second kappa shape index (κ2) is 6.60. The van der Waals surface area contributed by atoms with Crippen molar-refractivity contribution in [3.05, 3.63) is 11.7 Å². The van der Waals surface area contributed by atoms with E-state index in [4.69, 9.17) is 9.26 Å². The van der Waals surface area contributed by atoms with E-state index >= 15 is 0 Å². The Morgan fingerprint density at radius 1 is 1.44 bits per heavy atom. The molecule has 1 aromatic rings. The Morgan fingerprint density at radius 2 is 2.19 bits per heavy atom. The van der Waals surface area contributed by atoms with Crippen LogP contribution in [0.4, 0.5) is 0 Å². The van der Waals surface area contributed by atoms with Crippen molar-refractivity contribution in [2.24, 2.45) is 0 Å². The predicted octanol–water partition coefficient (Wildman–Crippen LogP) is 1.71. The van der Waals surface area contributed by atoms with Gasteiger partial charge in [-0.15, -0.1) is 0 Å². The smallest absolute Gasteiger partial charge is 0.231 e. The van der Waals surface area contributed by atoms with Crippen LogP contribution in [0.1, 0.15) is 44.8 Å². The molecule has 5 nitrogen and oxygen atoms in total. The Morgan fingerprint density at radius 3 is 2.81 bits per heavy atom. The second-order valence-electron chi connectivity index (χ2n) is 3.97. The summed E-state index contributed by atoms with van der Waals surface area (Å²) in [4.78, 5) is 4.31. The van der Waals surface area contributed by atoms with E-state index in [1.54, 1.807) is 0 Å². The summed E-state index contributed by atoms with van der Waals surface area (Å²) in [5.41, 5.74) is 0. The van der Waals surface area contributed by atoms with Gasteiger partial charge in [0.05, 0.1) is 5.92 Å². The highest BCUT2D eigenvalue weighted by Crippen LogP contribution is 2.16. The number of rotatable bonds is 7. The van der Waals surface area contributed by atoms with Gasteiger partial charge in [0.25, 0.3) is 0 Å². The Balaban J connectivity index is 2.50. The summed E-state index contributed by atoms with van der Waals surface area (Å²) in [5.74, 6) is 1.49. The lowest BCUT2D eigenvalue weighted by Crippen LogP contribution is -2.27. The lowest BCUT2D eigenvalue weighted by atomic mass is 10.0. The molecule has 0 saturated carbocycles. The van der Waals surface area contributed by atoms with Gasteiger partial charge in [0.15, 0.2) is 5.82 Å². The van der Waals surface area contributed by atoms with Gasteiger partial charge in [0, 0.05) is 12.6 Å². The zero-order valence-corrected chi connectivity index (χ0v) is 10.5. The van der Waals surface area contributed by atoms with Gasteiger partial charge in [-0.25, -0.2) is 0 Å². The molecule has 0 aliphatic rings. The molecule has 0 radical (unpaired) electrons. The van der Waals surface area contributed by atoms with Crippen LogP contribution in [0, 0.1) is 0 Å². The fraction of sp³-hybridized carbons (Fsp3) is 0.818. The van der Waals surface area contributed by atoms with Crippen LogP contribution in [0.5, 0.6) is 0 Å². The SMILES string of the molecule is CCCOCc1noc(C(C)C(C)NC)n1. The van der Waals surface area contributed by atoms with Crippen molar-refractivity contribution in [2.75, 3.05) is 13.7 Å². The molecule has 2 atom stereocenters. The molecule has 2 unspecified atom stereocenters. The van der Waals surface area contributed by atoms with Gasteiger partial charge in [0.1, 0.15) is 6.61 Å². The largest absolute Gasteiger partial charge is 0.373 e. The van der Waals surface area contributed by atoms with Gasteiger partial charge in [0.2, 0.25) is 5.89 Å². The molecular weight excluding hydrogens is 206 g/mol. The minimum absolute atomic E-state index is 0.206. The maximum Gasteiger partial charge on any atom is 0.231 e. The predicted molar refractivity (Wildman–Crippen MR) is 61.2 cm³/mol. The highest BCUT2D eigenvalue weighted by Gasteiger charge is 2.19. The molecule has 0 aromatic carbocycles. The number of likely N-dealkylation sites (N-methyl/N-ethyl adjacent to an activating group) is 1. The number of ether oxygens (including phenoxy) is 1. The number of aromatic nitrogens is 2. The molecular formula is C11H21N3O2. The molecule has 0 bridgehead atoms. The second-order valence-corrected chi connectivity index (χ2v) is 3.97. The molecule has 5 heteroatoms. The number of nitrogens with one attached hydrogen (secondary N) is 1. The van der Waals surface area contributed by atoms with Crippen molar-refractivity contribution in [2.45, 2.75) is 45.8 Å². The van der Waals surface area contributed by atoms with Crippen molar-refractivity contribution in [3.8, 4) is 0 Å². The van der Waals surface area contributed by atoms with Gasteiger partial charge >= 0.3 is 0 Å². The van der Waals surface area contributed by atoms with Gasteiger partial charge in [-0.3, -0.25) is 0 Å². The molecule has 0 aliphatic heterocycles. The molecule has 16 heavy (non-hydrogen) atoms. The van der Waals surface area contributed by atoms with E-state index in [0.717, 1.165) is 13.0 Å². The van der Waals surface area contributed by atoms with E-state index < -0.39 is 0 Å². The molecule has 0 amide bonds. The summed E-state index contributed by atoms with van der Waals surface area (Å²) in [6.07, 6.45) is 0.998. The van der Waals surface area contributed by atoms with Crippen molar-refractivity contribution in [1.29, 1.82) is 0 Å². The van der Waals surface area contributed by atoms with Crippen LogP contribution >= 0.6 is 0 Å². The molecule has 0 saturated heterocycles. The fourth-order valence-electron chi connectivity index (χ4n) is 1.28. The van der Waals surface area contributed by atoms with Gasteiger partial charge in [-0.1, -0.05) is 19.0 Å². The molecule has 0 fully saturated rings. The van der Waals surface area contributed by atoms with Crippen LogP contribution in [0.2, 0.25) is 0 Å². The third kappa shape index (κ3) is 3.57. The van der Waals surface area contributed by atoms with Crippen molar-refractivity contribution >= 4 is 0 Å². The van der Waals surface area contributed by atoms with Crippen LogP contribution in [0.3, 0.4) is 0 Å². The first-order chi connectivity index (χ1) is 7.69. The first kappa shape index (κ1) is 13.1.